The Labute approximate surface area is 99.7 Å². The molecule has 0 aromatic heterocycles. The monoisotopic (exact) mass is 272 g/mol. The van der Waals surface area contributed by atoms with Crippen molar-refractivity contribution in [3.8, 4) is 11.5 Å². The van der Waals surface area contributed by atoms with Gasteiger partial charge in [-0.15, -0.1) is 0 Å². The first-order chi connectivity index (χ1) is 7.08. The molecule has 3 heteroatoms. The van der Waals surface area contributed by atoms with Gasteiger partial charge in [0.15, 0.2) is 0 Å². The van der Waals surface area contributed by atoms with E-state index in [1.165, 1.54) is 16.7 Å². The molecule has 1 aromatic rings. The molecular formula is C12H17BrO2. The van der Waals surface area contributed by atoms with Gasteiger partial charge in [-0.2, -0.15) is 0 Å². The smallest absolute Gasteiger partial charge is 0.128 e. The van der Waals surface area contributed by atoms with Crippen molar-refractivity contribution in [2.24, 2.45) is 0 Å². The fourth-order valence-electron chi connectivity index (χ4n) is 2.03. The van der Waals surface area contributed by atoms with E-state index in [1.807, 2.05) is 6.92 Å². The van der Waals surface area contributed by atoms with Crippen LogP contribution < -0.4 is 9.47 Å². The van der Waals surface area contributed by atoms with Crippen molar-refractivity contribution >= 4 is 15.9 Å². The van der Waals surface area contributed by atoms with Gasteiger partial charge in [-0.3, -0.25) is 0 Å². The highest BCUT2D eigenvalue weighted by atomic mass is 79.9. The Morgan fingerprint density at radius 3 is 1.53 bits per heavy atom. The van der Waals surface area contributed by atoms with Crippen LogP contribution in [0.4, 0.5) is 0 Å². The van der Waals surface area contributed by atoms with E-state index in [1.54, 1.807) is 14.2 Å². The van der Waals surface area contributed by atoms with Gasteiger partial charge >= 0.3 is 0 Å². The molecule has 0 aliphatic heterocycles. The largest absolute Gasteiger partial charge is 0.496 e. The molecule has 15 heavy (non-hydrogen) atoms. The van der Waals surface area contributed by atoms with Gasteiger partial charge in [0.2, 0.25) is 0 Å². The lowest BCUT2D eigenvalue weighted by molar-refractivity contribution is 0.384. The Morgan fingerprint density at radius 1 is 0.867 bits per heavy atom. The van der Waals surface area contributed by atoms with Crippen LogP contribution in [0.15, 0.2) is 0 Å². The van der Waals surface area contributed by atoms with E-state index < -0.39 is 0 Å². The molecule has 0 radical (unpaired) electrons. The van der Waals surface area contributed by atoms with Crippen LogP contribution in [0.25, 0.3) is 0 Å². The number of halogens is 1. The zero-order valence-corrected chi connectivity index (χ0v) is 11.5. The molecule has 0 unspecified atom stereocenters. The molecule has 0 heterocycles. The van der Waals surface area contributed by atoms with Crippen molar-refractivity contribution in [1.82, 2.24) is 0 Å². The van der Waals surface area contributed by atoms with Gasteiger partial charge < -0.3 is 9.47 Å². The van der Waals surface area contributed by atoms with Crippen molar-refractivity contribution in [2.45, 2.75) is 26.1 Å². The first-order valence-corrected chi connectivity index (χ1v) is 5.97. The van der Waals surface area contributed by atoms with Crippen LogP contribution in [-0.4, -0.2) is 14.2 Å². The summed E-state index contributed by atoms with van der Waals surface area (Å²) < 4.78 is 10.8. The minimum Gasteiger partial charge on any atom is -0.496 e. The van der Waals surface area contributed by atoms with Crippen LogP contribution in [0.3, 0.4) is 0 Å². The van der Waals surface area contributed by atoms with Gasteiger partial charge in [0, 0.05) is 10.9 Å². The van der Waals surface area contributed by atoms with Crippen LogP contribution in [0.1, 0.15) is 22.3 Å². The van der Waals surface area contributed by atoms with Crippen LogP contribution in [-0.2, 0) is 5.33 Å². The normalized spacial score (nSPS) is 10.3. The second kappa shape index (κ2) is 4.88. The summed E-state index contributed by atoms with van der Waals surface area (Å²) in [6.45, 7) is 6.18. The third-order valence-electron chi connectivity index (χ3n) is 2.81. The molecule has 0 N–H and O–H groups in total. The van der Waals surface area contributed by atoms with Gasteiger partial charge in [0.05, 0.1) is 14.2 Å². The topological polar surface area (TPSA) is 18.5 Å². The van der Waals surface area contributed by atoms with E-state index >= 15 is 0 Å². The lowest BCUT2D eigenvalue weighted by Gasteiger charge is -2.19. The predicted octanol–water partition coefficient (Wildman–Crippen LogP) is 3.52. The predicted molar refractivity (Wildman–Crippen MR) is 66.4 cm³/mol. The first kappa shape index (κ1) is 12.4. The number of rotatable bonds is 3. The second-order valence-corrected chi connectivity index (χ2v) is 4.11. The maximum absolute atomic E-state index is 5.41. The molecule has 0 spiro atoms. The Hall–Kier alpha value is -0.700. The summed E-state index contributed by atoms with van der Waals surface area (Å²) in [5.41, 5.74) is 4.68. The molecule has 0 saturated carbocycles. The molecule has 84 valence electrons. The minimum atomic E-state index is 0.817. The van der Waals surface area contributed by atoms with Crippen molar-refractivity contribution in [3.63, 3.8) is 0 Å². The molecule has 0 amide bonds. The van der Waals surface area contributed by atoms with Crippen LogP contribution >= 0.6 is 15.9 Å². The second-order valence-electron chi connectivity index (χ2n) is 3.55. The summed E-state index contributed by atoms with van der Waals surface area (Å²) in [7, 11) is 3.39. The van der Waals surface area contributed by atoms with E-state index in [2.05, 4.69) is 29.8 Å². The van der Waals surface area contributed by atoms with E-state index in [0.29, 0.717) is 0 Å². The molecule has 1 rings (SSSR count). The fraction of sp³-hybridized carbons (Fsp3) is 0.500. The van der Waals surface area contributed by atoms with Gasteiger partial charge in [-0.25, -0.2) is 0 Å². The zero-order chi connectivity index (χ0) is 11.6. The highest BCUT2D eigenvalue weighted by molar-refractivity contribution is 9.08. The molecule has 0 aliphatic rings. The van der Waals surface area contributed by atoms with Gasteiger partial charge in [0.25, 0.3) is 0 Å². The molecule has 1 aromatic carbocycles. The molecule has 0 saturated heterocycles. The van der Waals surface area contributed by atoms with E-state index in [9.17, 15) is 0 Å². The van der Waals surface area contributed by atoms with Crippen LogP contribution in [0.5, 0.6) is 11.5 Å². The zero-order valence-electron chi connectivity index (χ0n) is 9.90. The summed E-state index contributed by atoms with van der Waals surface area (Å²) >= 11 is 3.50. The van der Waals surface area contributed by atoms with Crippen LogP contribution in [0.2, 0.25) is 0 Å². The lowest BCUT2D eigenvalue weighted by atomic mass is 9.98. The van der Waals surface area contributed by atoms with Crippen molar-refractivity contribution in [2.75, 3.05) is 14.2 Å². The van der Waals surface area contributed by atoms with E-state index in [-0.39, 0.29) is 0 Å². The Morgan fingerprint density at radius 2 is 1.27 bits per heavy atom. The summed E-state index contributed by atoms with van der Waals surface area (Å²) in [6.07, 6.45) is 0. The van der Waals surface area contributed by atoms with Gasteiger partial charge in [-0.1, -0.05) is 15.9 Å². The lowest BCUT2D eigenvalue weighted by Crippen LogP contribution is -2.02. The Balaban J connectivity index is 3.57. The van der Waals surface area contributed by atoms with Gasteiger partial charge in [0.1, 0.15) is 11.5 Å². The summed E-state index contributed by atoms with van der Waals surface area (Å²) in [6, 6.07) is 0. The number of alkyl halides is 1. The van der Waals surface area contributed by atoms with Crippen LogP contribution in [0, 0.1) is 20.8 Å². The third-order valence-corrected chi connectivity index (χ3v) is 3.37. The highest BCUT2D eigenvalue weighted by Gasteiger charge is 2.17. The number of hydrogen-bond acceptors (Lipinski definition) is 2. The molecule has 0 bridgehead atoms. The Bertz CT molecular complexity index is 294. The summed E-state index contributed by atoms with van der Waals surface area (Å²) in [5.74, 6) is 1.85. The maximum atomic E-state index is 5.41. The summed E-state index contributed by atoms with van der Waals surface area (Å²) in [5, 5.41) is 0.817. The Kier molecular flexibility index (Phi) is 4.03. The number of benzene rings is 1. The number of ether oxygens (including phenoxy) is 2. The molecule has 0 fully saturated rings. The maximum Gasteiger partial charge on any atom is 0.128 e. The van der Waals surface area contributed by atoms with Crippen molar-refractivity contribution in [3.05, 3.63) is 22.3 Å². The standard InChI is InChI=1S/C12H17BrO2/c1-7-10(6-13)8(2)12(15-5)9(3)11(7)14-4/h6H2,1-5H3. The molecule has 0 atom stereocenters. The molecule has 0 aliphatic carbocycles. The first-order valence-electron chi connectivity index (χ1n) is 4.85. The minimum absolute atomic E-state index is 0.817. The SMILES string of the molecule is COc1c(C)c(CBr)c(C)c(OC)c1C. The molecular weight excluding hydrogens is 256 g/mol. The van der Waals surface area contributed by atoms with Crippen molar-refractivity contribution in [1.29, 1.82) is 0 Å². The quantitative estimate of drug-likeness (QED) is 0.784. The molecule has 2 nitrogen and oxygen atoms in total. The highest BCUT2D eigenvalue weighted by Crippen LogP contribution is 2.38. The van der Waals surface area contributed by atoms with E-state index in [4.69, 9.17) is 9.47 Å². The third kappa shape index (κ3) is 1.98. The average molecular weight is 273 g/mol. The number of hydrogen-bond donors (Lipinski definition) is 0. The van der Waals surface area contributed by atoms with E-state index in [0.717, 1.165) is 22.4 Å². The fourth-order valence-corrected chi connectivity index (χ4v) is 2.87. The van der Waals surface area contributed by atoms with Crippen molar-refractivity contribution < 1.29 is 9.47 Å². The average Bonchev–Trinajstić information content (AvgIpc) is 2.19. The summed E-state index contributed by atoms with van der Waals surface area (Å²) in [4.78, 5) is 0. The number of methoxy groups -OCH3 is 2. The van der Waals surface area contributed by atoms with Gasteiger partial charge in [-0.05, 0) is 37.5 Å².